The first-order valence-electron chi connectivity index (χ1n) is 8.35. The Kier molecular flexibility index (Phi) is 3.87. The number of fused-ring (bicyclic) bond motifs is 2. The standard InChI is InChI=1S/C19H19N3O3/c1-25-13-4-5-17-14(9-13)15(10-18(23)21-17)19(24)22-8-6-16-12(11-22)3-2-7-20-16/h2-5,7,9,15H,6,8,10-11H2,1H3,(H,21,23)/t15-/m1/s1. The van der Waals surface area contributed by atoms with Gasteiger partial charge in [-0.15, -0.1) is 0 Å². The Balaban J connectivity index is 1.64. The summed E-state index contributed by atoms with van der Waals surface area (Å²) in [6.45, 7) is 1.17. The molecule has 0 spiro atoms. The number of ether oxygens (including phenoxy) is 1. The summed E-state index contributed by atoms with van der Waals surface area (Å²) >= 11 is 0. The molecule has 2 aliphatic heterocycles. The van der Waals surface area contributed by atoms with Crippen LogP contribution in [0.3, 0.4) is 0 Å². The third kappa shape index (κ3) is 2.84. The molecule has 0 saturated carbocycles. The molecular formula is C19H19N3O3. The topological polar surface area (TPSA) is 71.5 Å². The molecule has 6 heteroatoms. The van der Waals surface area contributed by atoms with Crippen molar-refractivity contribution in [1.29, 1.82) is 0 Å². The Hall–Kier alpha value is -2.89. The number of rotatable bonds is 2. The van der Waals surface area contributed by atoms with Crippen molar-refractivity contribution < 1.29 is 14.3 Å². The number of amides is 2. The number of carbonyl (C=O) groups is 2. The zero-order chi connectivity index (χ0) is 17.4. The average Bonchev–Trinajstić information content (AvgIpc) is 2.66. The summed E-state index contributed by atoms with van der Waals surface area (Å²) in [5, 5.41) is 2.84. The zero-order valence-corrected chi connectivity index (χ0v) is 14.0. The molecule has 2 amide bonds. The van der Waals surface area contributed by atoms with Gasteiger partial charge in [0.2, 0.25) is 11.8 Å². The Morgan fingerprint density at radius 2 is 2.24 bits per heavy atom. The Morgan fingerprint density at radius 1 is 1.36 bits per heavy atom. The van der Waals surface area contributed by atoms with Gasteiger partial charge < -0.3 is 15.0 Å². The van der Waals surface area contributed by atoms with E-state index in [4.69, 9.17) is 4.74 Å². The van der Waals surface area contributed by atoms with Crippen LogP contribution in [-0.2, 0) is 22.6 Å². The quantitative estimate of drug-likeness (QED) is 0.911. The van der Waals surface area contributed by atoms with Crippen molar-refractivity contribution >= 4 is 17.5 Å². The summed E-state index contributed by atoms with van der Waals surface area (Å²) in [6.07, 6.45) is 2.69. The number of methoxy groups -OCH3 is 1. The molecule has 1 atom stereocenters. The lowest BCUT2D eigenvalue weighted by Gasteiger charge is -2.33. The number of anilines is 1. The van der Waals surface area contributed by atoms with Gasteiger partial charge in [-0.05, 0) is 35.4 Å². The van der Waals surface area contributed by atoms with E-state index in [0.29, 0.717) is 24.5 Å². The molecule has 0 radical (unpaired) electrons. The van der Waals surface area contributed by atoms with Crippen molar-refractivity contribution in [3.05, 3.63) is 53.3 Å². The van der Waals surface area contributed by atoms with E-state index in [1.807, 2.05) is 23.1 Å². The highest BCUT2D eigenvalue weighted by Crippen LogP contribution is 2.36. The minimum absolute atomic E-state index is 0.0149. The lowest BCUT2D eigenvalue weighted by Crippen LogP contribution is -2.41. The maximum Gasteiger partial charge on any atom is 0.231 e. The van der Waals surface area contributed by atoms with Crippen molar-refractivity contribution in [3.63, 3.8) is 0 Å². The number of nitrogens with one attached hydrogen (secondary N) is 1. The SMILES string of the molecule is COc1ccc2c(c1)[C@H](C(=O)N1CCc3ncccc3C1)CC(=O)N2. The van der Waals surface area contributed by atoms with Crippen molar-refractivity contribution in [2.75, 3.05) is 19.0 Å². The van der Waals surface area contributed by atoms with Gasteiger partial charge in [-0.25, -0.2) is 0 Å². The van der Waals surface area contributed by atoms with E-state index in [2.05, 4.69) is 10.3 Å². The van der Waals surface area contributed by atoms with Crippen molar-refractivity contribution in [2.45, 2.75) is 25.3 Å². The summed E-state index contributed by atoms with van der Waals surface area (Å²) in [4.78, 5) is 31.4. The smallest absolute Gasteiger partial charge is 0.231 e. The van der Waals surface area contributed by atoms with E-state index < -0.39 is 5.92 Å². The highest BCUT2D eigenvalue weighted by molar-refractivity contribution is 6.01. The van der Waals surface area contributed by atoms with Gasteiger partial charge >= 0.3 is 0 Å². The number of nitrogens with zero attached hydrogens (tertiary/aromatic N) is 2. The lowest BCUT2D eigenvalue weighted by molar-refractivity contribution is -0.135. The monoisotopic (exact) mass is 337 g/mol. The van der Waals surface area contributed by atoms with E-state index in [-0.39, 0.29) is 18.2 Å². The molecule has 3 heterocycles. The van der Waals surface area contributed by atoms with E-state index >= 15 is 0 Å². The van der Waals surface area contributed by atoms with Gasteiger partial charge in [0.05, 0.1) is 13.0 Å². The predicted octanol–water partition coefficient (Wildman–Crippen LogP) is 2.10. The van der Waals surface area contributed by atoms with Crippen LogP contribution in [0.5, 0.6) is 5.75 Å². The van der Waals surface area contributed by atoms with Gasteiger partial charge in [-0.3, -0.25) is 14.6 Å². The fourth-order valence-corrected chi connectivity index (χ4v) is 3.56. The molecule has 2 aromatic rings. The molecule has 6 nitrogen and oxygen atoms in total. The second-order valence-electron chi connectivity index (χ2n) is 6.38. The van der Waals surface area contributed by atoms with Crippen LogP contribution in [0.1, 0.15) is 29.2 Å². The highest BCUT2D eigenvalue weighted by atomic mass is 16.5. The lowest BCUT2D eigenvalue weighted by atomic mass is 9.88. The van der Waals surface area contributed by atoms with Gasteiger partial charge in [0.25, 0.3) is 0 Å². The molecule has 0 fully saturated rings. The molecule has 0 aliphatic carbocycles. The van der Waals surface area contributed by atoms with Crippen molar-refractivity contribution in [3.8, 4) is 5.75 Å². The molecule has 0 saturated heterocycles. The number of pyridine rings is 1. The predicted molar refractivity (Wildman–Crippen MR) is 92.3 cm³/mol. The molecule has 128 valence electrons. The van der Waals surface area contributed by atoms with Gasteiger partial charge in [0.1, 0.15) is 5.75 Å². The van der Waals surface area contributed by atoms with Crippen molar-refractivity contribution in [1.82, 2.24) is 9.88 Å². The number of hydrogen-bond donors (Lipinski definition) is 1. The van der Waals surface area contributed by atoms with Gasteiger partial charge in [0, 0.05) is 43.5 Å². The maximum atomic E-state index is 13.2. The van der Waals surface area contributed by atoms with Gasteiger partial charge in [-0.2, -0.15) is 0 Å². The normalized spacial score (nSPS) is 18.8. The average molecular weight is 337 g/mol. The maximum absolute atomic E-state index is 13.2. The Morgan fingerprint density at radius 3 is 3.08 bits per heavy atom. The van der Waals surface area contributed by atoms with Crippen LogP contribution in [0.15, 0.2) is 36.5 Å². The summed E-state index contributed by atoms with van der Waals surface area (Å²) < 4.78 is 5.28. The third-order valence-corrected chi connectivity index (χ3v) is 4.87. The van der Waals surface area contributed by atoms with E-state index in [0.717, 1.165) is 23.2 Å². The molecule has 1 aromatic heterocycles. The van der Waals surface area contributed by atoms with E-state index in [9.17, 15) is 9.59 Å². The van der Waals surface area contributed by atoms with Crippen molar-refractivity contribution in [2.24, 2.45) is 0 Å². The Labute approximate surface area is 145 Å². The Bertz CT molecular complexity index is 850. The molecule has 1 N–H and O–H groups in total. The summed E-state index contributed by atoms with van der Waals surface area (Å²) in [5.41, 5.74) is 3.64. The minimum Gasteiger partial charge on any atom is -0.497 e. The molecule has 0 bridgehead atoms. The first kappa shape index (κ1) is 15.6. The van der Waals surface area contributed by atoms with E-state index in [1.165, 1.54) is 0 Å². The highest BCUT2D eigenvalue weighted by Gasteiger charge is 2.35. The van der Waals surface area contributed by atoms with Crippen LogP contribution in [0.2, 0.25) is 0 Å². The molecule has 25 heavy (non-hydrogen) atoms. The van der Waals surface area contributed by atoms with Gasteiger partial charge in [-0.1, -0.05) is 6.07 Å². The summed E-state index contributed by atoms with van der Waals surface area (Å²) in [6, 6.07) is 9.32. The van der Waals surface area contributed by atoms with Crippen LogP contribution in [-0.4, -0.2) is 35.4 Å². The number of aromatic nitrogens is 1. The van der Waals surface area contributed by atoms with Gasteiger partial charge in [0.15, 0.2) is 0 Å². The number of carbonyl (C=O) groups excluding carboxylic acids is 2. The van der Waals surface area contributed by atoms with Crippen LogP contribution >= 0.6 is 0 Å². The molecule has 1 aromatic carbocycles. The number of hydrogen-bond acceptors (Lipinski definition) is 4. The fraction of sp³-hybridized carbons (Fsp3) is 0.316. The second-order valence-corrected chi connectivity index (χ2v) is 6.38. The van der Waals surface area contributed by atoms with Crippen LogP contribution in [0, 0.1) is 0 Å². The largest absolute Gasteiger partial charge is 0.497 e. The molecular weight excluding hydrogens is 318 g/mol. The van der Waals surface area contributed by atoms with Crippen LogP contribution < -0.4 is 10.1 Å². The molecule has 0 unspecified atom stereocenters. The summed E-state index contributed by atoms with van der Waals surface area (Å²) in [5.74, 6) is 0.0620. The first-order valence-corrected chi connectivity index (χ1v) is 8.35. The van der Waals surface area contributed by atoms with Crippen LogP contribution in [0.25, 0.3) is 0 Å². The minimum atomic E-state index is -0.475. The molecule has 4 rings (SSSR count). The first-order chi connectivity index (χ1) is 12.2. The molecule has 2 aliphatic rings. The third-order valence-electron chi connectivity index (χ3n) is 4.87. The number of benzene rings is 1. The summed E-state index contributed by atoms with van der Waals surface area (Å²) in [7, 11) is 1.59. The zero-order valence-electron chi connectivity index (χ0n) is 14.0. The van der Waals surface area contributed by atoms with E-state index in [1.54, 1.807) is 25.4 Å². The second kappa shape index (κ2) is 6.20. The fourth-order valence-electron chi connectivity index (χ4n) is 3.56. The van der Waals surface area contributed by atoms with Crippen LogP contribution in [0.4, 0.5) is 5.69 Å².